The maximum Gasteiger partial charge on any atom is 0.323 e. The molecule has 3 N–H and O–H groups in total. The second kappa shape index (κ2) is 6.89. The topological polar surface area (TPSA) is 92.2 Å². The van der Waals surface area contributed by atoms with Crippen LogP contribution in [0.1, 0.15) is 46.5 Å². The molecular formula is C14H25N5O2. The van der Waals surface area contributed by atoms with E-state index in [2.05, 4.69) is 25.6 Å². The van der Waals surface area contributed by atoms with Crippen LogP contribution in [-0.4, -0.2) is 44.9 Å². The molecule has 1 saturated carbocycles. The summed E-state index contributed by atoms with van der Waals surface area (Å²) in [6.07, 6.45) is 4.05. The van der Waals surface area contributed by atoms with Crippen LogP contribution in [-0.2, 0) is 0 Å². The van der Waals surface area contributed by atoms with E-state index >= 15 is 0 Å². The smallest absolute Gasteiger partial charge is 0.323 e. The van der Waals surface area contributed by atoms with Gasteiger partial charge in [-0.1, -0.05) is 12.8 Å². The van der Waals surface area contributed by atoms with Crippen LogP contribution < -0.4 is 15.4 Å². The van der Waals surface area contributed by atoms with Crippen molar-refractivity contribution in [2.75, 3.05) is 23.8 Å². The van der Waals surface area contributed by atoms with Gasteiger partial charge in [0.25, 0.3) is 0 Å². The van der Waals surface area contributed by atoms with Gasteiger partial charge in [0.1, 0.15) is 0 Å². The fourth-order valence-electron chi connectivity index (χ4n) is 2.52. The fraction of sp³-hybridized carbons (Fsp3) is 0.786. The molecule has 0 saturated heterocycles. The molecule has 0 amide bonds. The van der Waals surface area contributed by atoms with Crippen LogP contribution in [0.25, 0.3) is 0 Å². The first kappa shape index (κ1) is 15.8. The van der Waals surface area contributed by atoms with Crippen molar-refractivity contribution < 1.29 is 9.84 Å². The van der Waals surface area contributed by atoms with Gasteiger partial charge in [0.05, 0.1) is 18.2 Å². The highest BCUT2D eigenvalue weighted by molar-refractivity contribution is 5.38. The highest BCUT2D eigenvalue weighted by Crippen LogP contribution is 2.32. The minimum atomic E-state index is -0.320. The first-order valence-corrected chi connectivity index (χ1v) is 7.62. The highest BCUT2D eigenvalue weighted by atomic mass is 16.5. The van der Waals surface area contributed by atoms with Crippen molar-refractivity contribution in [2.24, 2.45) is 0 Å². The molecule has 1 aliphatic rings. The van der Waals surface area contributed by atoms with Crippen LogP contribution in [0.15, 0.2) is 0 Å². The maximum absolute atomic E-state index is 9.68. The van der Waals surface area contributed by atoms with Crippen molar-refractivity contribution in [1.82, 2.24) is 15.0 Å². The summed E-state index contributed by atoms with van der Waals surface area (Å²) in [6.45, 7) is 6.63. The molecule has 1 fully saturated rings. The summed E-state index contributed by atoms with van der Waals surface area (Å²) in [5, 5.41) is 16.0. The molecule has 1 aromatic heterocycles. The summed E-state index contributed by atoms with van der Waals surface area (Å²) in [6, 6.07) is 0.296. The van der Waals surface area contributed by atoms with E-state index in [1.165, 1.54) is 0 Å². The number of aromatic nitrogens is 3. The lowest BCUT2D eigenvalue weighted by atomic mass is 9.99. The van der Waals surface area contributed by atoms with Crippen LogP contribution in [0.2, 0.25) is 0 Å². The van der Waals surface area contributed by atoms with E-state index < -0.39 is 0 Å². The largest absolute Gasteiger partial charge is 0.461 e. The van der Waals surface area contributed by atoms with Crippen molar-refractivity contribution in [1.29, 1.82) is 0 Å². The predicted molar refractivity (Wildman–Crippen MR) is 81.7 cm³/mol. The van der Waals surface area contributed by atoms with Gasteiger partial charge in [0.2, 0.25) is 11.9 Å². The Labute approximate surface area is 125 Å². The minimum Gasteiger partial charge on any atom is -0.461 e. The second-order valence-corrected chi connectivity index (χ2v) is 5.73. The number of nitrogens with zero attached hydrogens (tertiary/aromatic N) is 3. The molecule has 1 aromatic rings. The van der Waals surface area contributed by atoms with Crippen LogP contribution in [0.4, 0.5) is 11.9 Å². The molecule has 7 heteroatoms. The average molecular weight is 295 g/mol. The zero-order valence-corrected chi connectivity index (χ0v) is 13.0. The first-order valence-electron chi connectivity index (χ1n) is 7.62. The summed E-state index contributed by atoms with van der Waals surface area (Å²) in [4.78, 5) is 12.9. The second-order valence-electron chi connectivity index (χ2n) is 5.73. The fourth-order valence-corrected chi connectivity index (χ4v) is 2.52. The van der Waals surface area contributed by atoms with Crippen LogP contribution in [0, 0.1) is 0 Å². The Morgan fingerprint density at radius 1 is 1.19 bits per heavy atom. The number of anilines is 2. The van der Waals surface area contributed by atoms with E-state index in [9.17, 15) is 5.11 Å². The summed E-state index contributed by atoms with van der Waals surface area (Å²) >= 11 is 0. The van der Waals surface area contributed by atoms with E-state index in [0.717, 1.165) is 32.2 Å². The molecule has 0 atom stereocenters. The lowest BCUT2D eigenvalue weighted by Crippen LogP contribution is -2.39. The SMILES string of the molecule is CCNc1nc(NC2(CO)CCCC2)nc(OC(C)C)n1. The molecular weight excluding hydrogens is 270 g/mol. The third kappa shape index (κ3) is 4.17. The van der Waals surface area contributed by atoms with Crippen molar-refractivity contribution in [3.05, 3.63) is 0 Å². The Morgan fingerprint density at radius 3 is 2.43 bits per heavy atom. The monoisotopic (exact) mass is 295 g/mol. The van der Waals surface area contributed by atoms with E-state index in [0.29, 0.717) is 17.9 Å². The number of aliphatic hydroxyl groups excluding tert-OH is 1. The molecule has 1 heterocycles. The number of hydrogen-bond acceptors (Lipinski definition) is 7. The zero-order valence-electron chi connectivity index (χ0n) is 13.0. The van der Waals surface area contributed by atoms with Gasteiger partial charge in [-0.3, -0.25) is 0 Å². The van der Waals surface area contributed by atoms with E-state index in [-0.39, 0.29) is 18.2 Å². The minimum absolute atomic E-state index is 0.00647. The van der Waals surface area contributed by atoms with Gasteiger partial charge >= 0.3 is 6.01 Å². The Balaban J connectivity index is 2.22. The standard InChI is InChI=1S/C14H25N5O2/c1-4-15-11-16-12(18-13(17-11)21-10(2)3)19-14(9-20)7-5-6-8-14/h10,20H,4-9H2,1-3H3,(H2,15,16,17,18,19). The summed E-state index contributed by atoms with van der Waals surface area (Å²) in [5.74, 6) is 0.935. The molecule has 118 valence electrons. The maximum atomic E-state index is 9.68. The lowest BCUT2D eigenvalue weighted by Gasteiger charge is -2.28. The predicted octanol–water partition coefficient (Wildman–Crippen LogP) is 1.81. The summed E-state index contributed by atoms with van der Waals surface area (Å²) < 4.78 is 5.57. The number of rotatable bonds is 7. The van der Waals surface area contributed by atoms with Crippen LogP contribution >= 0.6 is 0 Å². The van der Waals surface area contributed by atoms with Gasteiger partial charge in [-0.05, 0) is 33.6 Å². The molecule has 0 aromatic carbocycles. The quantitative estimate of drug-likeness (QED) is 0.706. The Morgan fingerprint density at radius 2 is 1.86 bits per heavy atom. The number of ether oxygens (including phenoxy) is 1. The van der Waals surface area contributed by atoms with Gasteiger partial charge in [0, 0.05) is 6.54 Å². The normalized spacial score (nSPS) is 17.0. The lowest BCUT2D eigenvalue weighted by molar-refractivity contribution is 0.211. The van der Waals surface area contributed by atoms with Gasteiger partial charge in [-0.25, -0.2) is 0 Å². The molecule has 7 nitrogen and oxygen atoms in total. The number of nitrogens with one attached hydrogen (secondary N) is 2. The van der Waals surface area contributed by atoms with Crippen molar-refractivity contribution in [2.45, 2.75) is 58.1 Å². The molecule has 0 bridgehead atoms. The Bertz CT molecular complexity index is 461. The average Bonchev–Trinajstić information content (AvgIpc) is 2.87. The summed E-state index contributed by atoms with van der Waals surface area (Å²) in [5.41, 5.74) is -0.320. The van der Waals surface area contributed by atoms with Gasteiger partial charge in [0.15, 0.2) is 0 Å². The number of aliphatic hydroxyl groups is 1. The molecule has 0 unspecified atom stereocenters. The van der Waals surface area contributed by atoms with Gasteiger partial charge in [-0.2, -0.15) is 15.0 Å². The van der Waals surface area contributed by atoms with Gasteiger partial charge < -0.3 is 20.5 Å². The zero-order chi connectivity index (χ0) is 15.3. The van der Waals surface area contributed by atoms with Gasteiger partial charge in [-0.15, -0.1) is 0 Å². The van der Waals surface area contributed by atoms with E-state index in [4.69, 9.17) is 4.74 Å². The molecule has 0 spiro atoms. The van der Waals surface area contributed by atoms with Crippen LogP contribution in [0.3, 0.4) is 0 Å². The van der Waals surface area contributed by atoms with Crippen molar-refractivity contribution in [3.8, 4) is 6.01 Å². The Kier molecular flexibility index (Phi) is 5.17. The summed E-state index contributed by atoms with van der Waals surface area (Å²) in [7, 11) is 0. The first-order chi connectivity index (χ1) is 10.1. The Hall–Kier alpha value is -1.63. The van der Waals surface area contributed by atoms with Crippen LogP contribution in [0.5, 0.6) is 6.01 Å². The molecule has 21 heavy (non-hydrogen) atoms. The van der Waals surface area contributed by atoms with Crippen molar-refractivity contribution >= 4 is 11.9 Å². The molecule has 0 radical (unpaired) electrons. The molecule has 0 aliphatic heterocycles. The highest BCUT2D eigenvalue weighted by Gasteiger charge is 2.34. The van der Waals surface area contributed by atoms with E-state index in [1.807, 2.05) is 20.8 Å². The van der Waals surface area contributed by atoms with Crippen molar-refractivity contribution in [3.63, 3.8) is 0 Å². The third-order valence-electron chi connectivity index (χ3n) is 3.53. The molecule has 1 aliphatic carbocycles. The molecule has 2 rings (SSSR count). The third-order valence-corrected chi connectivity index (χ3v) is 3.53. The number of hydrogen-bond donors (Lipinski definition) is 3. The van der Waals surface area contributed by atoms with E-state index in [1.54, 1.807) is 0 Å².